The van der Waals surface area contributed by atoms with Crippen molar-refractivity contribution in [3.8, 4) is 0 Å². The maximum atomic E-state index is 5.67. The number of rotatable bonds is 4. The normalized spacial score (nSPS) is 12.2. The van der Waals surface area contributed by atoms with E-state index in [1.807, 2.05) is 72.2 Å². The molecule has 1 aromatic carbocycles. The predicted molar refractivity (Wildman–Crippen MR) is 212 cm³/mol. The molecule has 0 saturated carbocycles. The second-order valence-corrected chi connectivity index (χ2v) is 18.6. The molecule has 1 aromatic rings. The molecule has 0 atom stereocenters. The van der Waals surface area contributed by atoms with Crippen molar-refractivity contribution in [2.45, 2.75) is 59.3 Å². The van der Waals surface area contributed by atoms with Crippen LogP contribution in [-0.2, 0) is 32.6 Å². The van der Waals surface area contributed by atoms with Crippen molar-refractivity contribution in [3.05, 3.63) is 83.1 Å². The van der Waals surface area contributed by atoms with Gasteiger partial charge < -0.3 is 38.6 Å². The molecule has 0 aliphatic carbocycles. The van der Waals surface area contributed by atoms with Crippen LogP contribution >= 0.6 is 37.2 Å². The Labute approximate surface area is 322 Å². The first-order valence-corrected chi connectivity index (χ1v) is 24.1. The molecule has 0 bridgehead atoms. The van der Waals surface area contributed by atoms with E-state index in [0.717, 1.165) is 0 Å². The molecular weight excluding hydrogens is 746 g/mol. The first-order valence-electron chi connectivity index (χ1n) is 14.8. The third-order valence-electron chi connectivity index (χ3n) is 5.84. The van der Waals surface area contributed by atoms with E-state index < -0.39 is 32.6 Å². The van der Waals surface area contributed by atoms with Crippen molar-refractivity contribution in [1.82, 2.24) is 19.2 Å². The Balaban J connectivity index is -0.000000163. The Morgan fingerprint density at radius 1 is 0.681 bits per heavy atom. The summed E-state index contributed by atoms with van der Waals surface area (Å²) < 4.78 is 4.23. The number of hydrogen-bond donors (Lipinski definition) is 1. The van der Waals surface area contributed by atoms with Gasteiger partial charge in [0.2, 0.25) is 0 Å². The van der Waals surface area contributed by atoms with Gasteiger partial charge in [-0.1, -0.05) is 59.7 Å². The van der Waals surface area contributed by atoms with Crippen LogP contribution < -0.4 is 5.64 Å². The Hall–Kier alpha value is 0.258. The summed E-state index contributed by atoms with van der Waals surface area (Å²) in [5.74, 6) is 1.88. The molecule has 2 N–H and O–H groups in total. The van der Waals surface area contributed by atoms with Crippen LogP contribution in [-0.4, -0.2) is 104 Å². The number of nitrogens with zero attached hydrogens (tertiary/aromatic N) is 8. The molecule has 2 heterocycles. The van der Waals surface area contributed by atoms with Crippen molar-refractivity contribution in [1.29, 1.82) is 0 Å². The van der Waals surface area contributed by atoms with E-state index >= 15 is 0 Å². The van der Waals surface area contributed by atoms with E-state index in [4.69, 9.17) is 42.9 Å². The van der Waals surface area contributed by atoms with Gasteiger partial charge in [0.1, 0.15) is 0 Å². The third kappa shape index (κ3) is 28.6. The molecule has 0 amide bonds. The molecule has 0 fully saturated rings. The van der Waals surface area contributed by atoms with Gasteiger partial charge in [0.05, 0.1) is 0 Å². The monoisotopic (exact) mass is 807 g/mol. The van der Waals surface area contributed by atoms with Gasteiger partial charge >= 0.3 is 124 Å². The summed E-state index contributed by atoms with van der Waals surface area (Å²) in [5, 5.41) is 10.5. The molecule has 47 heavy (non-hydrogen) atoms. The first kappa shape index (κ1) is 56.6. The quantitative estimate of drug-likeness (QED) is 0.242. The number of benzene rings is 1. The minimum atomic E-state index is -2.09. The fraction of sp³-hybridized carbons (Fsp3) is 0.633. The first-order chi connectivity index (χ1) is 21.4. The van der Waals surface area contributed by atoms with E-state index in [1.165, 1.54) is 11.1 Å². The van der Waals surface area contributed by atoms with Gasteiger partial charge in [0.15, 0.2) is 0 Å². The van der Waals surface area contributed by atoms with Crippen molar-refractivity contribution < 1.29 is 32.6 Å². The molecule has 274 valence electrons. The molecule has 2 aliphatic heterocycles. The fourth-order valence-electron chi connectivity index (χ4n) is 3.87. The standard InChI is InChI=1S/C15H24.C4H10BN3.C4H8BN3.3C2H6N.CH3.4ClH.2Ti/c1-10(2)13-8-7-9-14(11(3)4)15(13)12(5)6;2*1-7-3-4-8(2)5(7)6;3*1-3-2;;;;;;;/h7-12H,1-6H3;3-4H,6H2,1-2H3;3-4H,1-2H3;3*1-2H3;1H3;4*1H;;/q;;;4*-1;;;;;2*+2/p-4. The Bertz CT molecular complexity index is 888. The van der Waals surface area contributed by atoms with Crippen LogP contribution in [0.25, 0.3) is 16.0 Å². The van der Waals surface area contributed by atoms with Crippen molar-refractivity contribution in [3.63, 3.8) is 0 Å². The van der Waals surface area contributed by atoms with Gasteiger partial charge in [-0.05, 0) is 48.5 Å². The van der Waals surface area contributed by atoms with Gasteiger partial charge in [-0.2, -0.15) is 42.3 Å². The molecule has 0 radical (unpaired) electrons. The Morgan fingerprint density at radius 3 is 1.15 bits per heavy atom. The van der Waals surface area contributed by atoms with E-state index in [2.05, 4.69) is 79.0 Å². The van der Waals surface area contributed by atoms with Crippen LogP contribution in [0.3, 0.4) is 0 Å². The Kier molecular flexibility index (Phi) is 43.5. The average Bonchev–Trinajstić information content (AvgIpc) is 3.44. The van der Waals surface area contributed by atoms with Crippen LogP contribution in [0.15, 0.2) is 46.3 Å². The second-order valence-electron chi connectivity index (χ2n) is 11.1. The predicted octanol–water partition coefficient (Wildman–Crippen LogP) is 9.45. The van der Waals surface area contributed by atoms with Crippen molar-refractivity contribution >= 4 is 51.5 Å². The molecule has 3 rings (SSSR count). The molecule has 0 saturated heterocycles. The Morgan fingerprint density at radius 2 is 0.957 bits per heavy atom. The van der Waals surface area contributed by atoms with Gasteiger partial charge in [-0.25, -0.2) is 0 Å². The molecule has 2 aliphatic rings. The number of nitrogens with two attached hydrogens (primary N) is 1. The summed E-state index contributed by atoms with van der Waals surface area (Å²) in [5.41, 5.74) is 10.2. The summed E-state index contributed by atoms with van der Waals surface area (Å²) >= 11 is -2.65. The van der Waals surface area contributed by atoms with Gasteiger partial charge in [0.25, 0.3) is 0 Å². The van der Waals surface area contributed by atoms with E-state index in [1.54, 1.807) is 47.8 Å². The van der Waals surface area contributed by atoms with Crippen LogP contribution in [0.4, 0.5) is 0 Å². The van der Waals surface area contributed by atoms with Gasteiger partial charge in [-0.3, -0.25) is 0 Å². The third-order valence-corrected chi connectivity index (χ3v) is 7.32. The van der Waals surface area contributed by atoms with E-state index in [-0.39, 0.29) is 21.7 Å². The zero-order valence-corrected chi connectivity index (χ0v) is 38.2. The summed E-state index contributed by atoms with van der Waals surface area (Å²) in [6.45, 7) is 13.7. The zero-order chi connectivity index (χ0) is 37.0. The molecule has 17 heteroatoms. The van der Waals surface area contributed by atoms with Crippen LogP contribution in [0.1, 0.15) is 76.0 Å². The zero-order valence-electron chi connectivity index (χ0n) is 32.1. The van der Waals surface area contributed by atoms with Crippen LogP contribution in [0, 0.1) is 7.43 Å². The topological polar surface area (TPSA) is 93.6 Å². The summed E-state index contributed by atoms with van der Waals surface area (Å²) in [6, 6.07) is 6.77. The second kappa shape index (κ2) is 36.1. The van der Waals surface area contributed by atoms with Crippen molar-refractivity contribution in [2.24, 2.45) is 8.97 Å². The molecule has 9 nitrogen and oxygen atoms in total. The average molecular weight is 809 g/mol. The molecule has 0 unspecified atom stereocenters. The molecule has 0 aromatic heterocycles. The van der Waals surface area contributed by atoms with E-state index in [0.29, 0.717) is 17.8 Å². The molecule has 0 spiro atoms. The summed E-state index contributed by atoms with van der Waals surface area (Å²) in [6.07, 6.45) is 7.79. The van der Waals surface area contributed by atoms with Crippen LogP contribution in [0.5, 0.6) is 0 Å². The van der Waals surface area contributed by atoms with Crippen molar-refractivity contribution in [2.75, 3.05) is 70.5 Å². The van der Waals surface area contributed by atoms with Crippen LogP contribution in [0.2, 0.25) is 0 Å². The number of halogens is 4. The van der Waals surface area contributed by atoms with Gasteiger partial charge in [-0.15, -0.1) is 0 Å². The SMILES string of the molecule is CC(C)c1cccc(C(C)C)c1C(C)C.CN1C=CN(C)B1N.CN1C=CN(C)B1[N]=[Ti]([Cl])[Cl].C[N-]C.C[N-]C.C[N-]C.[CH3-].[Cl][Ti][Cl]. The minimum absolute atomic E-state index is 0. The number of hydrogen-bond acceptors (Lipinski definition) is 6. The fourth-order valence-corrected chi connectivity index (χ4v) is 5.43. The van der Waals surface area contributed by atoms with Gasteiger partial charge in [0, 0.05) is 12.4 Å². The molecular formula is C30H63B2Cl4N9Ti2-4. The maximum absolute atomic E-state index is 5.67. The summed E-state index contributed by atoms with van der Waals surface area (Å²) in [7, 11) is 39.5. The summed E-state index contributed by atoms with van der Waals surface area (Å²) in [4.78, 5) is 7.83. The van der Waals surface area contributed by atoms with E-state index in [9.17, 15) is 0 Å².